The minimum Gasteiger partial charge on any atom is -0.497 e. The molecule has 0 unspecified atom stereocenters. The van der Waals surface area contributed by atoms with Crippen LogP contribution in [0.4, 0.5) is 11.4 Å². The molecule has 3 aromatic carbocycles. The first-order valence-electron chi connectivity index (χ1n) is 12.7. The first kappa shape index (κ1) is 28.4. The van der Waals surface area contributed by atoms with Gasteiger partial charge in [-0.1, -0.05) is 12.1 Å². The van der Waals surface area contributed by atoms with Crippen LogP contribution in [-0.2, 0) is 9.59 Å². The summed E-state index contributed by atoms with van der Waals surface area (Å²) in [5, 5.41) is 3.00. The zero-order valence-electron chi connectivity index (χ0n) is 23.5. The number of rotatable bonds is 10. The molecule has 1 heterocycles. The van der Waals surface area contributed by atoms with Crippen molar-refractivity contribution in [3.63, 3.8) is 0 Å². The van der Waals surface area contributed by atoms with Crippen molar-refractivity contribution in [3.8, 4) is 34.5 Å². The van der Waals surface area contributed by atoms with Crippen LogP contribution in [0.15, 0.2) is 54.6 Å². The van der Waals surface area contributed by atoms with E-state index in [0.717, 1.165) is 5.56 Å². The Morgan fingerprint density at radius 3 is 1.93 bits per heavy atom. The van der Waals surface area contributed by atoms with Crippen LogP contribution in [0.25, 0.3) is 0 Å². The monoisotopic (exact) mass is 550 g/mol. The average Bonchev–Trinajstić information content (AvgIpc) is 2.99. The molecule has 212 valence electrons. The third kappa shape index (κ3) is 5.56. The highest BCUT2D eigenvalue weighted by atomic mass is 16.5. The Kier molecular flexibility index (Phi) is 8.88. The maximum Gasteiger partial charge on any atom is 0.229 e. The summed E-state index contributed by atoms with van der Waals surface area (Å²) in [5.41, 5.74) is 1.84. The Bertz CT molecular complexity index is 1330. The third-order valence-corrected chi connectivity index (χ3v) is 6.97. The van der Waals surface area contributed by atoms with Gasteiger partial charge in [-0.15, -0.1) is 0 Å². The number of nitrogens with zero attached hydrogens (tertiary/aromatic N) is 1. The number of methoxy groups -OCH3 is 6. The van der Waals surface area contributed by atoms with Crippen LogP contribution < -0.4 is 38.6 Å². The predicted molar refractivity (Wildman–Crippen MR) is 150 cm³/mol. The molecular weight excluding hydrogens is 516 g/mol. The van der Waals surface area contributed by atoms with E-state index in [1.807, 2.05) is 24.3 Å². The van der Waals surface area contributed by atoms with Crippen molar-refractivity contribution in [1.82, 2.24) is 0 Å². The van der Waals surface area contributed by atoms with E-state index in [4.69, 9.17) is 28.4 Å². The van der Waals surface area contributed by atoms with Gasteiger partial charge in [0.05, 0.1) is 60.3 Å². The molecule has 1 aliphatic rings. The molecule has 2 amide bonds. The number of anilines is 2. The van der Waals surface area contributed by atoms with Gasteiger partial charge in [0, 0.05) is 30.3 Å². The molecular formula is C30H34N2O8. The molecule has 10 heteroatoms. The second-order valence-corrected chi connectivity index (χ2v) is 9.07. The zero-order valence-corrected chi connectivity index (χ0v) is 23.5. The highest BCUT2D eigenvalue weighted by Gasteiger charge is 2.42. The quantitative estimate of drug-likeness (QED) is 0.382. The van der Waals surface area contributed by atoms with Crippen molar-refractivity contribution >= 4 is 23.2 Å². The van der Waals surface area contributed by atoms with Gasteiger partial charge in [0.2, 0.25) is 17.6 Å². The minimum absolute atomic E-state index is 0.134. The molecule has 3 aromatic rings. The van der Waals surface area contributed by atoms with Crippen LogP contribution in [0.3, 0.4) is 0 Å². The largest absolute Gasteiger partial charge is 0.497 e. The molecule has 0 aromatic heterocycles. The lowest BCUT2D eigenvalue weighted by molar-refractivity contribution is -0.125. The van der Waals surface area contributed by atoms with Crippen molar-refractivity contribution in [2.75, 3.05) is 52.9 Å². The van der Waals surface area contributed by atoms with Crippen molar-refractivity contribution < 1.29 is 38.0 Å². The van der Waals surface area contributed by atoms with Gasteiger partial charge < -0.3 is 38.6 Å². The lowest BCUT2D eigenvalue weighted by Gasteiger charge is -2.41. The summed E-state index contributed by atoms with van der Waals surface area (Å²) in [6, 6.07) is 15.3. The van der Waals surface area contributed by atoms with Crippen molar-refractivity contribution in [2.24, 2.45) is 5.92 Å². The fourth-order valence-corrected chi connectivity index (χ4v) is 5.01. The molecule has 0 radical (unpaired) electrons. The summed E-state index contributed by atoms with van der Waals surface area (Å²) in [5.74, 6) is 1.95. The molecule has 1 aliphatic heterocycles. The summed E-state index contributed by atoms with van der Waals surface area (Å²) in [4.78, 5) is 29.0. The molecule has 10 nitrogen and oxygen atoms in total. The molecule has 40 heavy (non-hydrogen) atoms. The first-order valence-corrected chi connectivity index (χ1v) is 12.7. The number of carbonyl (C=O) groups excluding carboxylic acids is 2. The van der Waals surface area contributed by atoms with E-state index >= 15 is 0 Å². The van der Waals surface area contributed by atoms with E-state index in [9.17, 15) is 9.59 Å². The summed E-state index contributed by atoms with van der Waals surface area (Å²) >= 11 is 0. The van der Waals surface area contributed by atoms with Crippen LogP contribution in [0.2, 0.25) is 0 Å². The summed E-state index contributed by atoms with van der Waals surface area (Å²) < 4.78 is 32.6. The number of nitrogens with one attached hydrogen (secondary N) is 1. The average molecular weight is 551 g/mol. The molecule has 1 fully saturated rings. The molecule has 0 bridgehead atoms. The van der Waals surface area contributed by atoms with Gasteiger partial charge in [-0.2, -0.15) is 0 Å². The molecule has 0 aliphatic carbocycles. The summed E-state index contributed by atoms with van der Waals surface area (Å²) in [7, 11) is 9.21. The van der Waals surface area contributed by atoms with Gasteiger partial charge >= 0.3 is 0 Å². The predicted octanol–water partition coefficient (Wildman–Crippen LogP) is 4.86. The third-order valence-electron chi connectivity index (χ3n) is 6.97. The summed E-state index contributed by atoms with van der Waals surface area (Å²) in [6.45, 7) is 0. The number of hydrogen-bond donors (Lipinski definition) is 1. The van der Waals surface area contributed by atoms with Gasteiger partial charge in [0.25, 0.3) is 0 Å². The van der Waals surface area contributed by atoms with Gasteiger partial charge in [0.1, 0.15) is 5.75 Å². The Hall–Kier alpha value is -4.60. The van der Waals surface area contributed by atoms with Crippen molar-refractivity contribution in [2.45, 2.75) is 18.9 Å². The van der Waals surface area contributed by atoms with Crippen LogP contribution in [0.1, 0.15) is 24.4 Å². The molecule has 1 saturated heterocycles. The standard InChI is InChI=1S/C30H34N2O8/c1-35-21-10-7-18(8-11-21)28-22(30(34)31-19-9-13-23(36-2)24(15-19)37-3)12-14-27(33)32(28)20-16-25(38-4)29(40-6)26(17-20)39-5/h7-11,13,15-17,22,28H,12,14H2,1-6H3,(H,31,34)/t22-,28+/m0/s1. The van der Waals surface area contributed by atoms with E-state index in [1.54, 1.807) is 49.5 Å². The number of ether oxygens (including phenoxy) is 6. The first-order chi connectivity index (χ1) is 19.4. The van der Waals surface area contributed by atoms with Gasteiger partial charge in [-0.3, -0.25) is 9.59 Å². The number of benzene rings is 3. The van der Waals surface area contributed by atoms with E-state index in [0.29, 0.717) is 52.3 Å². The fraction of sp³-hybridized carbons (Fsp3) is 0.333. The summed E-state index contributed by atoms with van der Waals surface area (Å²) in [6.07, 6.45) is 0.531. The van der Waals surface area contributed by atoms with Crippen LogP contribution in [-0.4, -0.2) is 54.5 Å². The van der Waals surface area contributed by atoms with E-state index < -0.39 is 12.0 Å². The highest BCUT2D eigenvalue weighted by molar-refractivity contribution is 6.00. The van der Waals surface area contributed by atoms with E-state index in [-0.39, 0.29) is 18.2 Å². The highest BCUT2D eigenvalue weighted by Crippen LogP contribution is 2.46. The lowest BCUT2D eigenvalue weighted by Crippen LogP contribution is -2.47. The molecule has 0 spiro atoms. The Labute approximate surface area is 233 Å². The maximum atomic E-state index is 13.8. The van der Waals surface area contributed by atoms with Crippen molar-refractivity contribution in [3.05, 3.63) is 60.2 Å². The van der Waals surface area contributed by atoms with Gasteiger partial charge in [0.15, 0.2) is 23.0 Å². The zero-order chi connectivity index (χ0) is 28.8. The Balaban J connectivity index is 1.79. The van der Waals surface area contributed by atoms with Crippen LogP contribution >= 0.6 is 0 Å². The molecule has 1 N–H and O–H groups in total. The maximum absolute atomic E-state index is 13.8. The second-order valence-electron chi connectivity index (χ2n) is 9.07. The molecule has 2 atom stereocenters. The van der Waals surface area contributed by atoms with E-state index in [2.05, 4.69) is 5.32 Å². The number of carbonyl (C=O) groups is 2. The van der Waals surface area contributed by atoms with Crippen LogP contribution in [0.5, 0.6) is 34.5 Å². The minimum atomic E-state index is -0.630. The number of hydrogen-bond acceptors (Lipinski definition) is 8. The topological polar surface area (TPSA) is 105 Å². The Morgan fingerprint density at radius 1 is 0.750 bits per heavy atom. The second kappa shape index (κ2) is 12.5. The van der Waals surface area contributed by atoms with E-state index in [1.165, 1.54) is 28.4 Å². The smallest absolute Gasteiger partial charge is 0.229 e. The van der Waals surface area contributed by atoms with Crippen molar-refractivity contribution in [1.29, 1.82) is 0 Å². The lowest BCUT2D eigenvalue weighted by atomic mass is 9.83. The SMILES string of the molecule is COc1ccc([C@@H]2[C@@H](C(=O)Nc3ccc(OC)c(OC)c3)CCC(=O)N2c2cc(OC)c(OC)c(OC)c2)cc1. The van der Waals surface area contributed by atoms with Gasteiger partial charge in [-0.25, -0.2) is 0 Å². The normalized spacial score (nSPS) is 16.6. The fourth-order valence-electron chi connectivity index (χ4n) is 5.01. The van der Waals surface area contributed by atoms with Gasteiger partial charge in [-0.05, 0) is 36.2 Å². The number of piperidine rings is 1. The van der Waals surface area contributed by atoms with Crippen LogP contribution in [0, 0.1) is 5.92 Å². The molecule has 0 saturated carbocycles. The Morgan fingerprint density at radius 2 is 1.38 bits per heavy atom. The number of amides is 2. The molecule has 4 rings (SSSR count).